The molecule has 0 unspecified atom stereocenters. The lowest BCUT2D eigenvalue weighted by Gasteiger charge is -2.27. The molecule has 0 N–H and O–H groups in total. The standard InChI is InChI=1S/C16H19FN2O3S/c1-4-19(12(2)13-5-7-14(17)8-6-13)23(21,22)15-9-10-16(20)18(3)11-15/h5-12H,4H2,1-3H3/t12-/m0/s1. The highest BCUT2D eigenvalue weighted by molar-refractivity contribution is 7.89. The molecule has 23 heavy (non-hydrogen) atoms. The van der Waals surface area contributed by atoms with Crippen LogP contribution in [0, 0.1) is 5.82 Å². The van der Waals surface area contributed by atoms with Gasteiger partial charge in [-0.05, 0) is 30.7 Å². The minimum absolute atomic E-state index is 0.0513. The highest BCUT2D eigenvalue weighted by Crippen LogP contribution is 2.26. The fourth-order valence-corrected chi connectivity index (χ4v) is 4.10. The topological polar surface area (TPSA) is 59.4 Å². The van der Waals surface area contributed by atoms with Crippen LogP contribution < -0.4 is 5.56 Å². The number of hydrogen-bond donors (Lipinski definition) is 0. The van der Waals surface area contributed by atoms with E-state index < -0.39 is 16.1 Å². The van der Waals surface area contributed by atoms with Crippen LogP contribution in [0.1, 0.15) is 25.5 Å². The number of sulfonamides is 1. The van der Waals surface area contributed by atoms with Crippen molar-refractivity contribution in [3.05, 3.63) is 64.3 Å². The van der Waals surface area contributed by atoms with Crippen LogP contribution >= 0.6 is 0 Å². The zero-order chi connectivity index (χ0) is 17.2. The van der Waals surface area contributed by atoms with Crippen molar-refractivity contribution < 1.29 is 12.8 Å². The Labute approximate surface area is 135 Å². The summed E-state index contributed by atoms with van der Waals surface area (Å²) in [7, 11) is -2.27. The number of pyridine rings is 1. The first kappa shape index (κ1) is 17.4. The maximum absolute atomic E-state index is 13.1. The average molecular weight is 338 g/mol. The van der Waals surface area contributed by atoms with E-state index in [4.69, 9.17) is 0 Å². The number of benzene rings is 1. The first-order chi connectivity index (χ1) is 10.8. The van der Waals surface area contributed by atoms with Crippen LogP contribution in [0.2, 0.25) is 0 Å². The Bertz CT molecular complexity index is 844. The summed E-state index contributed by atoms with van der Waals surface area (Å²) in [6.45, 7) is 3.74. The van der Waals surface area contributed by atoms with Gasteiger partial charge in [-0.1, -0.05) is 19.1 Å². The summed E-state index contributed by atoms with van der Waals surface area (Å²) >= 11 is 0. The second-order valence-corrected chi connectivity index (χ2v) is 7.14. The molecule has 0 amide bonds. The van der Waals surface area contributed by atoms with Gasteiger partial charge in [-0.2, -0.15) is 4.31 Å². The van der Waals surface area contributed by atoms with Crippen molar-refractivity contribution in [3.8, 4) is 0 Å². The molecule has 2 rings (SSSR count). The van der Waals surface area contributed by atoms with Crippen LogP contribution in [0.5, 0.6) is 0 Å². The predicted octanol–water partition coefficient (Wildman–Crippen LogP) is 2.30. The van der Waals surface area contributed by atoms with E-state index in [9.17, 15) is 17.6 Å². The fraction of sp³-hybridized carbons (Fsp3) is 0.312. The second kappa shape index (κ2) is 6.64. The minimum atomic E-state index is -3.77. The van der Waals surface area contributed by atoms with Crippen LogP contribution in [-0.4, -0.2) is 23.8 Å². The summed E-state index contributed by atoms with van der Waals surface area (Å²) in [6, 6.07) is 7.82. The molecular formula is C16H19FN2O3S. The largest absolute Gasteiger partial charge is 0.317 e. The average Bonchev–Trinajstić information content (AvgIpc) is 2.51. The molecule has 0 saturated heterocycles. The van der Waals surface area contributed by atoms with Crippen molar-refractivity contribution in [2.24, 2.45) is 7.05 Å². The maximum Gasteiger partial charge on any atom is 0.250 e. The molecule has 0 aliphatic carbocycles. The molecule has 7 heteroatoms. The number of nitrogens with zero attached hydrogens (tertiary/aromatic N) is 2. The highest BCUT2D eigenvalue weighted by atomic mass is 32.2. The van der Waals surface area contributed by atoms with Crippen LogP contribution in [0.4, 0.5) is 4.39 Å². The number of hydrogen-bond acceptors (Lipinski definition) is 3. The van der Waals surface area contributed by atoms with Gasteiger partial charge in [0, 0.05) is 31.9 Å². The van der Waals surface area contributed by atoms with Gasteiger partial charge < -0.3 is 4.57 Å². The lowest BCUT2D eigenvalue weighted by atomic mass is 10.1. The van der Waals surface area contributed by atoms with E-state index in [0.29, 0.717) is 5.56 Å². The van der Waals surface area contributed by atoms with Crippen molar-refractivity contribution in [2.45, 2.75) is 24.8 Å². The van der Waals surface area contributed by atoms with E-state index in [2.05, 4.69) is 0 Å². The molecule has 2 aromatic rings. The molecule has 124 valence electrons. The van der Waals surface area contributed by atoms with Gasteiger partial charge in [0.15, 0.2) is 0 Å². The van der Waals surface area contributed by atoms with E-state index in [1.807, 2.05) is 0 Å². The Morgan fingerprint density at radius 1 is 1.17 bits per heavy atom. The first-order valence-corrected chi connectivity index (χ1v) is 8.65. The maximum atomic E-state index is 13.1. The van der Waals surface area contributed by atoms with Crippen LogP contribution in [0.25, 0.3) is 0 Å². The van der Waals surface area contributed by atoms with E-state index in [0.717, 1.165) is 0 Å². The zero-order valence-electron chi connectivity index (χ0n) is 13.2. The van der Waals surface area contributed by atoms with Gasteiger partial charge in [-0.25, -0.2) is 12.8 Å². The molecule has 5 nitrogen and oxygen atoms in total. The molecule has 0 saturated carbocycles. The smallest absolute Gasteiger partial charge is 0.250 e. The first-order valence-electron chi connectivity index (χ1n) is 7.21. The summed E-state index contributed by atoms with van der Waals surface area (Å²) < 4.78 is 41.3. The zero-order valence-corrected chi connectivity index (χ0v) is 14.0. The Morgan fingerprint density at radius 2 is 1.78 bits per heavy atom. The third kappa shape index (κ3) is 3.51. The quantitative estimate of drug-likeness (QED) is 0.840. The molecule has 0 radical (unpaired) electrons. The van der Waals surface area contributed by atoms with Crippen LogP contribution in [-0.2, 0) is 17.1 Å². The van der Waals surface area contributed by atoms with Crippen LogP contribution in [0.3, 0.4) is 0 Å². The van der Waals surface area contributed by atoms with Crippen molar-refractivity contribution in [1.29, 1.82) is 0 Å². The molecule has 1 aromatic heterocycles. The third-order valence-electron chi connectivity index (χ3n) is 3.76. The summed E-state index contributed by atoms with van der Waals surface area (Å²) in [5, 5.41) is 0. The third-order valence-corrected chi connectivity index (χ3v) is 5.79. The minimum Gasteiger partial charge on any atom is -0.317 e. The second-order valence-electron chi connectivity index (χ2n) is 5.25. The number of aryl methyl sites for hydroxylation is 1. The Hall–Kier alpha value is -1.99. The molecule has 0 spiro atoms. The van der Waals surface area contributed by atoms with Crippen molar-refractivity contribution in [2.75, 3.05) is 6.54 Å². The Balaban J connectivity index is 2.43. The Kier molecular flexibility index (Phi) is 5.01. The molecule has 0 bridgehead atoms. The molecular weight excluding hydrogens is 319 g/mol. The van der Waals surface area contributed by atoms with E-state index in [1.165, 1.54) is 46.4 Å². The molecule has 0 aliphatic rings. The highest BCUT2D eigenvalue weighted by Gasteiger charge is 2.29. The monoisotopic (exact) mass is 338 g/mol. The normalized spacial score (nSPS) is 13.3. The van der Waals surface area contributed by atoms with Crippen molar-refractivity contribution >= 4 is 10.0 Å². The van der Waals surface area contributed by atoms with Crippen molar-refractivity contribution in [1.82, 2.24) is 8.87 Å². The lowest BCUT2D eigenvalue weighted by Crippen LogP contribution is -2.34. The van der Waals surface area contributed by atoms with E-state index >= 15 is 0 Å². The van der Waals surface area contributed by atoms with E-state index in [-0.39, 0.29) is 22.8 Å². The van der Waals surface area contributed by atoms with Gasteiger partial charge in [-0.3, -0.25) is 4.79 Å². The molecule has 1 heterocycles. The van der Waals surface area contributed by atoms with Gasteiger partial charge in [-0.15, -0.1) is 0 Å². The summed E-state index contributed by atoms with van der Waals surface area (Å²) in [4.78, 5) is 11.5. The van der Waals surface area contributed by atoms with Crippen LogP contribution in [0.15, 0.2) is 52.3 Å². The number of halogens is 1. The molecule has 0 aliphatic heterocycles. The van der Waals surface area contributed by atoms with Gasteiger partial charge in [0.1, 0.15) is 5.82 Å². The van der Waals surface area contributed by atoms with Gasteiger partial charge in [0.25, 0.3) is 0 Å². The van der Waals surface area contributed by atoms with Gasteiger partial charge >= 0.3 is 0 Å². The molecule has 1 atom stereocenters. The SMILES string of the molecule is CCN([C@@H](C)c1ccc(F)cc1)S(=O)(=O)c1ccc(=O)n(C)c1. The summed E-state index contributed by atoms with van der Waals surface area (Å²) in [6.07, 6.45) is 1.30. The Morgan fingerprint density at radius 3 is 2.30 bits per heavy atom. The number of aromatic nitrogens is 1. The molecule has 0 fully saturated rings. The predicted molar refractivity (Wildman–Crippen MR) is 86.1 cm³/mol. The number of rotatable bonds is 5. The van der Waals surface area contributed by atoms with Gasteiger partial charge in [0.2, 0.25) is 15.6 Å². The van der Waals surface area contributed by atoms with Gasteiger partial charge in [0.05, 0.1) is 4.90 Å². The lowest BCUT2D eigenvalue weighted by molar-refractivity contribution is 0.356. The van der Waals surface area contributed by atoms with E-state index in [1.54, 1.807) is 26.0 Å². The summed E-state index contributed by atoms with van der Waals surface area (Å²) in [5.74, 6) is -0.370. The molecule has 1 aromatic carbocycles. The fourth-order valence-electron chi connectivity index (χ4n) is 2.42. The van der Waals surface area contributed by atoms with Crippen molar-refractivity contribution in [3.63, 3.8) is 0 Å². The summed E-state index contributed by atoms with van der Waals surface area (Å²) in [5.41, 5.74) is 0.417.